The van der Waals surface area contributed by atoms with Gasteiger partial charge in [0, 0.05) is 36.1 Å². The quantitative estimate of drug-likeness (QED) is 0.771. The summed E-state index contributed by atoms with van der Waals surface area (Å²) in [4.78, 5) is 16.9. The van der Waals surface area contributed by atoms with Crippen LogP contribution in [0.2, 0.25) is 5.02 Å². The summed E-state index contributed by atoms with van der Waals surface area (Å²) in [6, 6.07) is 5.43. The molecule has 0 bridgehead atoms. The zero-order valence-electron chi connectivity index (χ0n) is 11.7. The van der Waals surface area contributed by atoms with Gasteiger partial charge in [-0.15, -0.1) is 0 Å². The van der Waals surface area contributed by atoms with E-state index < -0.39 is 0 Å². The molecule has 0 radical (unpaired) electrons. The molecule has 0 aromatic heterocycles. The molecule has 1 saturated heterocycles. The number of hydrogen-bond acceptors (Lipinski definition) is 3. The molecule has 3 nitrogen and oxygen atoms in total. The Morgan fingerprint density at radius 3 is 2.85 bits per heavy atom. The highest BCUT2D eigenvalue weighted by molar-refractivity contribution is 9.10. The van der Waals surface area contributed by atoms with Gasteiger partial charge in [-0.3, -0.25) is 4.79 Å². The fourth-order valence-corrected chi connectivity index (χ4v) is 3.21. The van der Waals surface area contributed by atoms with E-state index in [-0.39, 0.29) is 5.78 Å². The zero-order chi connectivity index (χ0) is 14.5. The summed E-state index contributed by atoms with van der Waals surface area (Å²) in [5, 5.41) is 0.528. The van der Waals surface area contributed by atoms with Gasteiger partial charge in [-0.2, -0.15) is 0 Å². The van der Waals surface area contributed by atoms with Crippen LogP contribution in [-0.2, 0) is 0 Å². The number of likely N-dealkylation sites (N-methyl/N-ethyl adjacent to an activating group) is 1. The Hall–Kier alpha value is -0.420. The van der Waals surface area contributed by atoms with Crippen molar-refractivity contribution in [3.8, 4) is 0 Å². The lowest BCUT2D eigenvalue weighted by atomic mass is 10.1. The van der Waals surface area contributed by atoms with E-state index in [1.807, 2.05) is 6.07 Å². The molecule has 1 aromatic rings. The smallest absolute Gasteiger partial charge is 0.165 e. The highest BCUT2D eigenvalue weighted by Gasteiger charge is 2.15. The molecular weight excluding hydrogens is 340 g/mol. The van der Waals surface area contributed by atoms with Gasteiger partial charge in [-0.1, -0.05) is 27.5 Å². The van der Waals surface area contributed by atoms with Crippen molar-refractivity contribution in [2.45, 2.75) is 12.8 Å². The van der Waals surface area contributed by atoms with Crippen molar-refractivity contribution in [3.05, 3.63) is 33.3 Å². The van der Waals surface area contributed by atoms with E-state index in [1.54, 1.807) is 12.1 Å². The van der Waals surface area contributed by atoms with Gasteiger partial charge in [0.2, 0.25) is 0 Å². The van der Waals surface area contributed by atoms with E-state index >= 15 is 0 Å². The maximum Gasteiger partial charge on any atom is 0.165 e. The molecule has 1 aromatic carbocycles. The third-order valence-corrected chi connectivity index (χ3v) is 4.50. The number of hydrogen-bond donors (Lipinski definition) is 0. The molecule has 2 rings (SSSR count). The van der Waals surface area contributed by atoms with Crippen molar-refractivity contribution in [3.63, 3.8) is 0 Å². The number of rotatable bonds is 4. The van der Waals surface area contributed by atoms with E-state index in [0.717, 1.165) is 37.2 Å². The average Bonchev–Trinajstić information content (AvgIpc) is 2.61. The second-order valence-electron chi connectivity index (χ2n) is 5.30. The van der Waals surface area contributed by atoms with E-state index in [1.165, 1.54) is 6.42 Å². The lowest BCUT2D eigenvalue weighted by Crippen LogP contribution is -2.30. The fourth-order valence-electron chi connectivity index (χ4n) is 2.43. The summed E-state index contributed by atoms with van der Waals surface area (Å²) >= 11 is 9.47. The number of nitrogens with zero attached hydrogens (tertiary/aromatic N) is 2. The molecule has 1 fully saturated rings. The van der Waals surface area contributed by atoms with E-state index in [2.05, 4.69) is 32.8 Å². The Kier molecular flexibility index (Phi) is 6.02. The molecule has 0 amide bonds. The summed E-state index contributed by atoms with van der Waals surface area (Å²) < 4.78 is 0.898. The van der Waals surface area contributed by atoms with Crippen molar-refractivity contribution in [1.82, 2.24) is 9.80 Å². The topological polar surface area (TPSA) is 23.6 Å². The molecule has 20 heavy (non-hydrogen) atoms. The maximum atomic E-state index is 12.2. The molecule has 1 aliphatic heterocycles. The van der Waals surface area contributed by atoms with Gasteiger partial charge in [0.15, 0.2) is 5.78 Å². The maximum absolute atomic E-state index is 12.2. The molecule has 0 unspecified atom stereocenters. The SMILES string of the molecule is CN1CCCN(CCC(=O)c2ccc(Br)cc2Cl)CC1. The lowest BCUT2D eigenvalue weighted by Gasteiger charge is -2.19. The van der Waals surface area contributed by atoms with Crippen LogP contribution in [0.3, 0.4) is 0 Å². The van der Waals surface area contributed by atoms with Crippen molar-refractivity contribution in [2.75, 3.05) is 39.8 Å². The van der Waals surface area contributed by atoms with Crippen LogP contribution in [0.15, 0.2) is 22.7 Å². The van der Waals surface area contributed by atoms with Gasteiger partial charge in [-0.05, 0) is 44.8 Å². The average molecular weight is 360 g/mol. The van der Waals surface area contributed by atoms with Crippen molar-refractivity contribution in [2.24, 2.45) is 0 Å². The summed E-state index contributed by atoms with van der Waals surface area (Å²) in [5.41, 5.74) is 0.627. The first kappa shape index (κ1) is 16.0. The van der Waals surface area contributed by atoms with Crippen molar-refractivity contribution in [1.29, 1.82) is 0 Å². The van der Waals surface area contributed by atoms with Crippen LogP contribution in [0, 0.1) is 0 Å². The largest absolute Gasteiger partial charge is 0.305 e. The predicted octanol–water partition coefficient (Wildman–Crippen LogP) is 3.31. The number of carbonyl (C=O) groups is 1. The minimum Gasteiger partial charge on any atom is -0.305 e. The predicted molar refractivity (Wildman–Crippen MR) is 86.7 cm³/mol. The second-order valence-corrected chi connectivity index (χ2v) is 6.62. The number of benzene rings is 1. The Bertz CT molecular complexity index is 481. The molecule has 0 spiro atoms. The van der Waals surface area contributed by atoms with Gasteiger partial charge in [0.1, 0.15) is 0 Å². The van der Waals surface area contributed by atoms with Crippen LogP contribution in [-0.4, -0.2) is 55.4 Å². The van der Waals surface area contributed by atoms with Crippen molar-refractivity contribution < 1.29 is 4.79 Å². The van der Waals surface area contributed by atoms with Crippen LogP contribution < -0.4 is 0 Å². The Balaban J connectivity index is 1.88. The summed E-state index contributed by atoms with van der Waals surface area (Å²) in [5.74, 6) is 0.125. The van der Waals surface area contributed by atoms with E-state index in [9.17, 15) is 4.79 Å². The first-order chi connectivity index (χ1) is 9.56. The zero-order valence-corrected chi connectivity index (χ0v) is 14.1. The number of Topliss-reactive ketones (excluding diaryl/α,β-unsaturated/α-hetero) is 1. The number of halogens is 2. The Labute approximate surface area is 134 Å². The number of carbonyl (C=O) groups excluding carboxylic acids is 1. The third-order valence-electron chi connectivity index (χ3n) is 3.70. The monoisotopic (exact) mass is 358 g/mol. The summed E-state index contributed by atoms with van der Waals surface area (Å²) in [6.07, 6.45) is 1.70. The van der Waals surface area contributed by atoms with Gasteiger partial charge in [0.05, 0.1) is 5.02 Å². The molecule has 1 heterocycles. The number of ketones is 1. The van der Waals surface area contributed by atoms with Crippen LogP contribution in [0.4, 0.5) is 0 Å². The highest BCUT2D eigenvalue weighted by Crippen LogP contribution is 2.22. The molecular formula is C15H20BrClN2O. The van der Waals surface area contributed by atoms with Crippen LogP contribution >= 0.6 is 27.5 Å². The van der Waals surface area contributed by atoms with Gasteiger partial charge in [-0.25, -0.2) is 0 Å². The highest BCUT2D eigenvalue weighted by atomic mass is 79.9. The molecule has 0 atom stereocenters. The van der Waals surface area contributed by atoms with Gasteiger partial charge < -0.3 is 9.80 Å². The Morgan fingerprint density at radius 2 is 2.10 bits per heavy atom. The fraction of sp³-hybridized carbons (Fsp3) is 0.533. The molecule has 110 valence electrons. The normalized spacial score (nSPS) is 17.9. The van der Waals surface area contributed by atoms with Crippen LogP contribution in [0.1, 0.15) is 23.2 Å². The minimum atomic E-state index is 0.125. The summed E-state index contributed by atoms with van der Waals surface area (Å²) in [6.45, 7) is 5.15. The van der Waals surface area contributed by atoms with E-state index in [0.29, 0.717) is 17.0 Å². The minimum absolute atomic E-state index is 0.125. The second kappa shape index (κ2) is 7.55. The van der Waals surface area contributed by atoms with Crippen molar-refractivity contribution >= 4 is 33.3 Å². The lowest BCUT2D eigenvalue weighted by molar-refractivity contribution is 0.0965. The molecule has 0 aliphatic carbocycles. The van der Waals surface area contributed by atoms with E-state index in [4.69, 9.17) is 11.6 Å². The first-order valence-electron chi connectivity index (χ1n) is 6.95. The van der Waals surface area contributed by atoms with Gasteiger partial charge >= 0.3 is 0 Å². The standard InChI is InChI=1S/C15H20BrClN2O/c1-18-6-2-7-19(10-9-18)8-5-15(20)13-4-3-12(16)11-14(13)17/h3-4,11H,2,5-10H2,1H3. The van der Waals surface area contributed by atoms with Gasteiger partial charge in [0.25, 0.3) is 0 Å². The molecule has 0 N–H and O–H groups in total. The molecule has 5 heteroatoms. The molecule has 1 aliphatic rings. The summed E-state index contributed by atoms with van der Waals surface area (Å²) in [7, 11) is 2.15. The third kappa shape index (κ3) is 4.55. The van der Waals surface area contributed by atoms with Crippen LogP contribution in [0.5, 0.6) is 0 Å². The first-order valence-corrected chi connectivity index (χ1v) is 8.12. The van der Waals surface area contributed by atoms with Crippen LogP contribution in [0.25, 0.3) is 0 Å². The molecule has 0 saturated carbocycles. The Morgan fingerprint density at radius 1 is 1.30 bits per heavy atom.